The molecule has 0 aliphatic carbocycles. The molecular formula is C17H24N2O5. The molecule has 0 spiro atoms. The van der Waals surface area contributed by atoms with Crippen molar-refractivity contribution in [3.8, 4) is 17.2 Å². The van der Waals surface area contributed by atoms with Crippen LogP contribution in [0.15, 0.2) is 12.1 Å². The van der Waals surface area contributed by atoms with Crippen molar-refractivity contribution in [3.05, 3.63) is 17.7 Å². The number of carbonyl (C=O) groups excluding carboxylic acids is 1. The quantitative estimate of drug-likeness (QED) is 0.862. The van der Waals surface area contributed by atoms with E-state index in [4.69, 9.17) is 18.9 Å². The van der Waals surface area contributed by atoms with Crippen LogP contribution in [-0.2, 0) is 4.74 Å². The molecule has 2 heterocycles. The molecule has 0 aromatic heterocycles. The van der Waals surface area contributed by atoms with Crippen molar-refractivity contribution >= 4 is 5.91 Å². The summed E-state index contributed by atoms with van der Waals surface area (Å²) in [5.74, 6) is 1.47. The van der Waals surface area contributed by atoms with Gasteiger partial charge in [-0.2, -0.15) is 0 Å². The summed E-state index contributed by atoms with van der Waals surface area (Å²) in [7, 11) is 1.55. The Kier molecular flexibility index (Phi) is 5.42. The van der Waals surface area contributed by atoms with E-state index in [1.54, 1.807) is 19.2 Å². The van der Waals surface area contributed by atoms with Gasteiger partial charge in [-0.1, -0.05) is 0 Å². The van der Waals surface area contributed by atoms with Crippen molar-refractivity contribution in [2.45, 2.75) is 13.0 Å². The van der Waals surface area contributed by atoms with Crippen LogP contribution < -0.4 is 19.5 Å². The highest BCUT2D eigenvalue weighted by molar-refractivity contribution is 5.95. The van der Waals surface area contributed by atoms with Crippen LogP contribution in [-0.4, -0.2) is 70.0 Å². The van der Waals surface area contributed by atoms with Crippen LogP contribution in [0.1, 0.15) is 17.3 Å². The smallest absolute Gasteiger partial charge is 0.251 e. The largest absolute Gasteiger partial charge is 0.493 e. The van der Waals surface area contributed by atoms with Crippen molar-refractivity contribution in [2.75, 3.05) is 53.2 Å². The monoisotopic (exact) mass is 336 g/mol. The van der Waals surface area contributed by atoms with E-state index >= 15 is 0 Å². The molecule has 1 N–H and O–H groups in total. The van der Waals surface area contributed by atoms with Gasteiger partial charge in [0.05, 0.1) is 20.3 Å². The molecule has 2 aliphatic heterocycles. The molecule has 2 aliphatic rings. The second-order valence-electron chi connectivity index (χ2n) is 5.99. The van der Waals surface area contributed by atoms with Crippen molar-refractivity contribution in [1.29, 1.82) is 0 Å². The topological polar surface area (TPSA) is 69.3 Å². The zero-order valence-corrected chi connectivity index (χ0v) is 14.2. The van der Waals surface area contributed by atoms with Gasteiger partial charge in [-0.25, -0.2) is 0 Å². The van der Waals surface area contributed by atoms with Gasteiger partial charge in [-0.15, -0.1) is 0 Å². The average molecular weight is 336 g/mol. The van der Waals surface area contributed by atoms with E-state index in [1.807, 2.05) is 6.92 Å². The van der Waals surface area contributed by atoms with E-state index in [2.05, 4.69) is 10.2 Å². The van der Waals surface area contributed by atoms with Crippen LogP contribution >= 0.6 is 0 Å². The number of hydrogen-bond acceptors (Lipinski definition) is 6. The average Bonchev–Trinajstić information content (AvgIpc) is 2.61. The highest BCUT2D eigenvalue weighted by atomic mass is 16.6. The van der Waals surface area contributed by atoms with Crippen molar-refractivity contribution in [2.24, 2.45) is 0 Å². The Balaban J connectivity index is 1.65. The maximum Gasteiger partial charge on any atom is 0.251 e. The third-order valence-electron chi connectivity index (χ3n) is 4.10. The number of nitrogens with one attached hydrogen (secondary N) is 1. The number of hydrogen-bond donors (Lipinski definition) is 1. The number of morpholine rings is 1. The van der Waals surface area contributed by atoms with Gasteiger partial charge >= 0.3 is 0 Å². The number of benzene rings is 1. The highest BCUT2D eigenvalue weighted by Crippen LogP contribution is 2.40. The zero-order valence-electron chi connectivity index (χ0n) is 14.2. The maximum atomic E-state index is 12.5. The van der Waals surface area contributed by atoms with Gasteiger partial charge in [0, 0.05) is 31.2 Å². The lowest BCUT2D eigenvalue weighted by molar-refractivity contribution is 0.0342. The third kappa shape index (κ3) is 3.91. The summed E-state index contributed by atoms with van der Waals surface area (Å²) in [4.78, 5) is 14.8. The summed E-state index contributed by atoms with van der Waals surface area (Å²) < 4.78 is 21.8. The Morgan fingerprint density at radius 1 is 1.25 bits per heavy atom. The fraction of sp³-hybridized carbons (Fsp3) is 0.588. The molecule has 1 fully saturated rings. The number of rotatable bonds is 5. The van der Waals surface area contributed by atoms with Crippen molar-refractivity contribution in [1.82, 2.24) is 10.2 Å². The van der Waals surface area contributed by atoms with E-state index in [9.17, 15) is 4.79 Å². The molecule has 7 nitrogen and oxygen atoms in total. The molecule has 0 radical (unpaired) electrons. The molecule has 1 amide bonds. The van der Waals surface area contributed by atoms with E-state index in [1.165, 1.54) is 0 Å². The number of amides is 1. The predicted octanol–water partition coefficient (Wildman–Crippen LogP) is 0.917. The van der Waals surface area contributed by atoms with Crippen LogP contribution in [0.2, 0.25) is 0 Å². The fourth-order valence-electron chi connectivity index (χ4n) is 2.93. The van der Waals surface area contributed by atoms with Gasteiger partial charge in [0.2, 0.25) is 5.75 Å². The number of fused-ring (bicyclic) bond motifs is 1. The molecule has 1 unspecified atom stereocenters. The van der Waals surface area contributed by atoms with Gasteiger partial charge in [-0.05, 0) is 19.1 Å². The number of methoxy groups -OCH3 is 1. The summed E-state index contributed by atoms with van der Waals surface area (Å²) >= 11 is 0. The van der Waals surface area contributed by atoms with Crippen LogP contribution in [0, 0.1) is 0 Å². The van der Waals surface area contributed by atoms with Crippen LogP contribution in [0.5, 0.6) is 17.2 Å². The maximum absolute atomic E-state index is 12.5. The first-order valence-electron chi connectivity index (χ1n) is 8.26. The van der Waals surface area contributed by atoms with Gasteiger partial charge < -0.3 is 24.3 Å². The summed E-state index contributed by atoms with van der Waals surface area (Å²) in [6.07, 6.45) is 0. The van der Waals surface area contributed by atoms with Crippen molar-refractivity contribution in [3.63, 3.8) is 0 Å². The second-order valence-corrected chi connectivity index (χ2v) is 5.99. The minimum atomic E-state index is -0.147. The Bertz CT molecular complexity index is 569. The van der Waals surface area contributed by atoms with E-state index in [0.29, 0.717) is 36.0 Å². The van der Waals surface area contributed by atoms with Crippen LogP contribution in [0.4, 0.5) is 0 Å². The number of ether oxygens (including phenoxy) is 4. The normalized spacial score (nSPS) is 18.8. The third-order valence-corrected chi connectivity index (χ3v) is 4.10. The van der Waals surface area contributed by atoms with E-state index < -0.39 is 0 Å². The minimum Gasteiger partial charge on any atom is -0.493 e. The molecule has 1 aromatic carbocycles. The first kappa shape index (κ1) is 16.9. The standard InChI is InChI=1S/C17H24N2O5/c1-12(11-19-3-5-22-6-4-19)18-17(20)13-9-14(21-2)16-15(10-13)23-7-8-24-16/h9-10,12H,3-8,11H2,1-2H3,(H,18,20). The molecule has 24 heavy (non-hydrogen) atoms. The summed E-state index contributed by atoms with van der Waals surface area (Å²) in [6.45, 7) is 7.05. The van der Waals surface area contributed by atoms with Gasteiger partial charge in [0.25, 0.3) is 5.91 Å². The number of carbonyl (C=O) groups is 1. The zero-order chi connectivity index (χ0) is 16.9. The molecular weight excluding hydrogens is 312 g/mol. The Morgan fingerprint density at radius 3 is 2.75 bits per heavy atom. The molecule has 7 heteroatoms. The van der Waals surface area contributed by atoms with Crippen LogP contribution in [0.25, 0.3) is 0 Å². The SMILES string of the molecule is COc1cc(C(=O)NC(C)CN2CCOCC2)cc2c1OCCO2. The summed E-state index contributed by atoms with van der Waals surface area (Å²) in [5.41, 5.74) is 0.505. The lowest BCUT2D eigenvalue weighted by Crippen LogP contribution is -2.46. The minimum absolute atomic E-state index is 0.0368. The van der Waals surface area contributed by atoms with Gasteiger partial charge in [0.1, 0.15) is 13.2 Å². The molecule has 1 atom stereocenters. The highest BCUT2D eigenvalue weighted by Gasteiger charge is 2.22. The number of nitrogens with zero attached hydrogens (tertiary/aromatic N) is 1. The first-order valence-corrected chi connectivity index (χ1v) is 8.26. The Morgan fingerprint density at radius 2 is 2.00 bits per heavy atom. The Hall–Kier alpha value is -1.99. The van der Waals surface area contributed by atoms with E-state index in [0.717, 1.165) is 32.8 Å². The molecule has 0 bridgehead atoms. The molecule has 132 valence electrons. The van der Waals surface area contributed by atoms with E-state index in [-0.39, 0.29) is 11.9 Å². The molecule has 1 aromatic rings. The van der Waals surface area contributed by atoms with Gasteiger partial charge in [0.15, 0.2) is 11.5 Å². The lowest BCUT2D eigenvalue weighted by Gasteiger charge is -2.29. The molecule has 0 saturated carbocycles. The molecule has 3 rings (SSSR count). The summed E-state index contributed by atoms with van der Waals surface area (Å²) in [5, 5.41) is 3.03. The lowest BCUT2D eigenvalue weighted by atomic mass is 10.1. The predicted molar refractivity (Wildman–Crippen MR) is 88.2 cm³/mol. The fourth-order valence-corrected chi connectivity index (χ4v) is 2.93. The second kappa shape index (κ2) is 7.72. The first-order chi connectivity index (χ1) is 11.7. The summed E-state index contributed by atoms with van der Waals surface area (Å²) in [6, 6.07) is 3.42. The van der Waals surface area contributed by atoms with Gasteiger partial charge in [-0.3, -0.25) is 9.69 Å². The molecule has 1 saturated heterocycles. The van der Waals surface area contributed by atoms with Crippen LogP contribution in [0.3, 0.4) is 0 Å². The van der Waals surface area contributed by atoms with Crippen molar-refractivity contribution < 1.29 is 23.7 Å². The Labute approximate surface area is 141 Å².